The van der Waals surface area contributed by atoms with Crippen molar-refractivity contribution in [3.63, 3.8) is 0 Å². The molecule has 2 aliphatic heterocycles. The van der Waals surface area contributed by atoms with Crippen molar-refractivity contribution in [2.45, 2.75) is 383 Å². The lowest BCUT2D eigenvalue weighted by Crippen LogP contribution is -2.70. The summed E-state index contributed by atoms with van der Waals surface area (Å²) >= 11 is 0. The Balaban J connectivity index is 2.08. The summed E-state index contributed by atoms with van der Waals surface area (Å²) in [6.45, 7) is 30.1. The molecule has 2 aliphatic rings. The van der Waals surface area contributed by atoms with E-state index in [0.717, 1.165) is 149 Å². The molecule has 130 heavy (non-hydrogen) atoms. The number of carbonyl (C=O) groups is 9. The van der Waals surface area contributed by atoms with E-state index in [-0.39, 0.29) is 13.0 Å². The number of nitrogens with two attached hydrogens (primary N) is 1. The molecule has 7 amide bonds. The molecule has 34 nitrogen and oxygen atoms in total. The van der Waals surface area contributed by atoms with Crippen molar-refractivity contribution in [3.05, 3.63) is 128 Å². The number of phosphoric acid groups is 2. The zero-order chi connectivity index (χ0) is 98.0. The molecule has 2 saturated heterocycles. The fourth-order valence-electron chi connectivity index (χ4n) is 14.0. The van der Waals surface area contributed by atoms with Crippen molar-refractivity contribution in [2.75, 3.05) is 26.4 Å². The summed E-state index contributed by atoms with van der Waals surface area (Å²) in [5.74, 6) is -9.61. The van der Waals surface area contributed by atoms with E-state index in [4.69, 9.17) is 33.7 Å². The first-order chi connectivity index (χ1) is 61.1. The van der Waals surface area contributed by atoms with E-state index in [9.17, 15) is 92.7 Å². The Labute approximate surface area is 770 Å². The monoisotopic (exact) mass is 1890 g/mol. The molecule has 18 atom stereocenters. The SMILES string of the molecule is CC(=O)N[C@H]1[C@@H](OP(=O)(O)OP(=O)(O)OC/C=C(/C)CC/C=C(/C)CC/C=C(/C)CC/C=C(/C)CC/C=C(/C)CC/C=C(/C)CC/C=C(/C)CC/C=C(\C)CC/C=C(\C)CC/C=C(\C)CCC=C(C)C)O[C@H](CO)[C@@H](O[14C@@H]2O[14C@H]([14CH2]O)[14C@@H](O)[14C@H](O)[14C@H]2NC(C)=O)[C@@H]1O[C@H](C)C(=O)N[C@@H](C)C(=O)N[C@H](CCC(=O)N[C@@H](CCCCN)C(=O)N[C@H](C)C(=O)N[C@H](C)C(=O)O)C(=O)O. The molecule has 0 aromatic heterocycles. The molecule has 0 radical (unpaired) electrons. The van der Waals surface area contributed by atoms with Crippen LogP contribution in [0.5, 0.6) is 0 Å². The molecule has 36 heteroatoms. The summed E-state index contributed by atoms with van der Waals surface area (Å²) in [5.41, 5.74) is 20.4. The largest absolute Gasteiger partial charge is 0.483 e. The summed E-state index contributed by atoms with van der Waals surface area (Å²) in [6.07, 6.45) is 27.0. The fourth-order valence-corrected chi connectivity index (χ4v) is 16.1. The number of hydrogen-bond donors (Lipinski definition) is 16. The van der Waals surface area contributed by atoms with Gasteiger partial charge in [-0.2, -0.15) is 4.31 Å². The van der Waals surface area contributed by atoms with E-state index in [1.54, 1.807) is 6.92 Å². The number of phosphoric ester groups is 2. The number of unbranched alkanes of at least 4 members (excludes halogenated alkanes) is 1. The molecule has 17 N–H and O–H groups in total. The van der Waals surface area contributed by atoms with Crippen molar-refractivity contribution < 1.29 is 125 Å². The molecule has 738 valence electrons. The number of aliphatic hydroxyl groups excluding tert-OH is 4. The predicted octanol–water partition coefficient (Wildman–Crippen LogP) is 12.4. The van der Waals surface area contributed by atoms with Crippen LogP contribution in [0.2, 0.25) is 0 Å². The normalized spacial score (nSPS) is 22.4. The van der Waals surface area contributed by atoms with Crippen molar-refractivity contribution in [1.82, 2.24) is 37.2 Å². The Bertz CT molecular complexity index is 4070. The maximum absolute atomic E-state index is 14.1. The zero-order valence-electron chi connectivity index (χ0n) is 80.0. The summed E-state index contributed by atoms with van der Waals surface area (Å²) in [4.78, 5) is 138. The standard InChI is InChI=1S/C94H156N8O26P2/c1-59(2)31-21-32-60(3)33-22-34-61(4)35-23-36-62(5)37-24-38-63(6)39-25-40-64(7)41-26-42-65(8)43-27-44-66(9)45-28-46-67(10)47-29-48-68(11)49-30-50-69(12)54-56-122-129(118,119)128-130(120,121)127-94-82(100-75(18)106)86(85(79(58-104)125-94)126-93-81(99-74(17)105)84(109)83(108)78(57-103)124-93)123-73(16)89(112)96-71(14)88(111)102-77(92(116)117)52-53-80(107)101-76(51-19-20-55-95)90(113)97-70(13)87(110)98-72(15)91(114)115/h31,33,35,37,39,41,43,45,47,49,54,70-73,76-79,81-86,93-94,103-104,108-109H,19-30,32,34,36,38,40,42,44,46,48,50-53,55-58,95H2,1-18H3,(H,96,112)(H,97,113)(H,98,110)(H,99,105)(H,100,106)(H,101,107)(H,102,111)(H,114,115)(H,116,117)(H,118,119)(H,120,121)/b60-33+,61-35+,62-37+,63-39-,64-41-,65-43-,66-45-,67-47-,68-49-,69-54-/t70-,71+,72-,73-,76+,77-,78-,79-,81-,82-,83-,84-,85-,86-,93+,94-/m1/s1/i57+2,78+2,81+2,83+2,84+2,93+2. The van der Waals surface area contributed by atoms with Crippen LogP contribution in [0.25, 0.3) is 0 Å². The van der Waals surface area contributed by atoms with Crippen LogP contribution < -0.4 is 43.0 Å². The lowest BCUT2D eigenvalue weighted by atomic mass is 9.96. The number of nitrogens with one attached hydrogen (secondary N) is 7. The van der Waals surface area contributed by atoms with E-state index in [1.807, 2.05) is 6.92 Å². The number of rotatable bonds is 63. The van der Waals surface area contributed by atoms with Crippen LogP contribution in [0.15, 0.2) is 128 Å². The summed E-state index contributed by atoms with van der Waals surface area (Å²) in [5, 5.41) is 78.7. The highest BCUT2D eigenvalue weighted by molar-refractivity contribution is 7.61. The van der Waals surface area contributed by atoms with Gasteiger partial charge in [0, 0.05) is 20.3 Å². The number of carboxylic acids is 2. The highest BCUT2D eigenvalue weighted by Gasteiger charge is 2.55. The molecule has 0 spiro atoms. The summed E-state index contributed by atoms with van der Waals surface area (Å²) in [7, 11) is -11.5. The lowest BCUT2D eigenvalue weighted by molar-refractivity contribution is -0.331. The Morgan fingerprint density at radius 2 is 0.885 bits per heavy atom. The molecule has 2 heterocycles. The molecule has 2 rings (SSSR count). The van der Waals surface area contributed by atoms with Gasteiger partial charge in [-0.1, -0.05) is 128 Å². The lowest BCUT2D eigenvalue weighted by Gasteiger charge is -2.49. The van der Waals surface area contributed by atoms with E-state index in [2.05, 4.69) is 172 Å². The van der Waals surface area contributed by atoms with Gasteiger partial charge in [-0.05, 0) is 271 Å². The highest BCUT2D eigenvalue weighted by Crippen LogP contribution is 2.61. The minimum Gasteiger partial charge on any atom is -0.480 e. The number of aliphatic carboxylic acids is 2. The molecule has 2 fully saturated rings. The van der Waals surface area contributed by atoms with Crippen LogP contribution in [0.3, 0.4) is 0 Å². The van der Waals surface area contributed by atoms with Crippen molar-refractivity contribution in [2.24, 2.45) is 5.73 Å². The third kappa shape index (κ3) is 50.4. The Morgan fingerprint density at radius 3 is 1.27 bits per heavy atom. The van der Waals surface area contributed by atoms with Gasteiger partial charge in [-0.15, -0.1) is 0 Å². The number of amides is 7. The van der Waals surface area contributed by atoms with Crippen molar-refractivity contribution >= 4 is 68.9 Å². The van der Waals surface area contributed by atoms with Crippen LogP contribution in [0, 0.1) is 0 Å². The molecule has 0 bridgehead atoms. The maximum atomic E-state index is 14.1. The first kappa shape index (κ1) is 118. The van der Waals surface area contributed by atoms with Crippen LogP contribution >= 0.6 is 15.6 Å². The first-order valence-electron chi connectivity index (χ1n) is 45.4. The number of ether oxygens (including phenoxy) is 4. The van der Waals surface area contributed by atoms with Gasteiger partial charge in [0.25, 0.3) is 0 Å². The number of carbonyl (C=O) groups excluding carboxylic acids is 7. The highest BCUT2D eigenvalue weighted by atomic mass is 31.3. The molecular weight excluding hydrogens is 1730 g/mol. The number of allylic oxidation sites excluding steroid dienone is 21. The van der Waals surface area contributed by atoms with E-state index >= 15 is 0 Å². The van der Waals surface area contributed by atoms with Gasteiger partial charge in [-0.3, -0.25) is 47.4 Å². The predicted molar refractivity (Wildman–Crippen MR) is 499 cm³/mol. The second kappa shape index (κ2) is 63.5. The topological polar surface area (TPSA) is 524 Å². The minimum atomic E-state index is -5.95. The zero-order valence-corrected chi connectivity index (χ0v) is 81.8. The molecule has 0 saturated carbocycles. The average molecular weight is 1890 g/mol. The van der Waals surface area contributed by atoms with Crippen LogP contribution in [-0.4, -0.2) is 218 Å². The number of carboxylic acid groups (broad SMARTS) is 2. The van der Waals surface area contributed by atoms with Gasteiger partial charge in [0.2, 0.25) is 41.4 Å². The van der Waals surface area contributed by atoms with Gasteiger partial charge in [-0.25, -0.2) is 13.9 Å². The number of aliphatic hydroxyl groups is 4. The summed E-state index contributed by atoms with van der Waals surface area (Å²) < 4.78 is 66.3. The van der Waals surface area contributed by atoms with Gasteiger partial charge >= 0.3 is 27.6 Å². The molecule has 0 aromatic carbocycles. The smallest absolute Gasteiger partial charge is 0.480 e. The van der Waals surface area contributed by atoms with Crippen LogP contribution in [0.4, 0.5) is 0 Å². The Hall–Kier alpha value is -7.73. The molecule has 2 unspecified atom stereocenters. The second-order valence-electron chi connectivity index (χ2n) is 34.7. The van der Waals surface area contributed by atoms with Gasteiger partial charge in [0.15, 0.2) is 12.6 Å². The Morgan fingerprint density at radius 1 is 0.477 bits per heavy atom. The van der Waals surface area contributed by atoms with E-state index < -0.39 is 199 Å². The van der Waals surface area contributed by atoms with E-state index in [1.165, 1.54) is 75.7 Å². The molecule has 0 aromatic rings. The van der Waals surface area contributed by atoms with Crippen molar-refractivity contribution in [1.29, 1.82) is 0 Å². The van der Waals surface area contributed by atoms with Gasteiger partial charge < -0.3 is 102 Å². The molecule has 0 aliphatic carbocycles. The van der Waals surface area contributed by atoms with Gasteiger partial charge in [0.05, 0.1) is 19.8 Å². The Kier molecular flexibility index (Phi) is 57.8. The van der Waals surface area contributed by atoms with Crippen LogP contribution in [-0.2, 0) is 84.6 Å². The average Bonchev–Trinajstić information content (AvgIpc) is 0.761. The summed E-state index contributed by atoms with van der Waals surface area (Å²) in [6, 6.07) is -11.0. The minimum absolute atomic E-state index is 0.0174. The quantitative estimate of drug-likeness (QED) is 0.0153. The third-order valence-electron chi connectivity index (χ3n) is 22.1. The van der Waals surface area contributed by atoms with E-state index in [0.29, 0.717) is 25.7 Å². The first-order valence-corrected chi connectivity index (χ1v) is 48.4. The number of hydrogen-bond acceptors (Lipinski definition) is 23. The molecular formula is C94H156N8O26P2. The van der Waals surface area contributed by atoms with Crippen molar-refractivity contribution in [3.8, 4) is 0 Å². The van der Waals surface area contributed by atoms with Gasteiger partial charge in [0.1, 0.15) is 85.0 Å². The fraction of sp³-hybridized carbons (Fsp3) is 0.670. The third-order valence-corrected chi connectivity index (χ3v) is 24.7. The van der Waals surface area contributed by atoms with Crippen LogP contribution in [0.1, 0.15) is 285 Å². The maximum Gasteiger partial charge on any atom is 0.483 e. The second-order valence-corrected chi connectivity index (χ2v) is 37.7.